The average Bonchev–Trinajstić information content (AvgIpc) is 2.12. The summed E-state index contributed by atoms with van der Waals surface area (Å²) in [4.78, 5) is 14.4. The van der Waals surface area contributed by atoms with Crippen molar-refractivity contribution in [3.8, 4) is 5.88 Å². The van der Waals surface area contributed by atoms with Gasteiger partial charge in [-0.15, -0.1) is 0 Å². The molecule has 6 heteroatoms. The minimum absolute atomic E-state index is 0.211. The molecular formula is C10H15N3O3. The van der Waals surface area contributed by atoms with Gasteiger partial charge in [-0.25, -0.2) is 9.78 Å². The van der Waals surface area contributed by atoms with E-state index in [9.17, 15) is 4.79 Å². The van der Waals surface area contributed by atoms with E-state index in [1.165, 1.54) is 0 Å². The maximum atomic E-state index is 10.3. The van der Waals surface area contributed by atoms with Gasteiger partial charge in [-0.2, -0.15) is 0 Å². The van der Waals surface area contributed by atoms with Crippen LogP contribution in [0.4, 0.5) is 10.5 Å². The summed E-state index contributed by atoms with van der Waals surface area (Å²) in [5, 5.41) is 10.7. The molecule has 1 aromatic rings. The van der Waals surface area contributed by atoms with Crippen LogP contribution in [0.2, 0.25) is 0 Å². The van der Waals surface area contributed by atoms with E-state index in [0.717, 1.165) is 5.69 Å². The molecule has 1 heterocycles. The van der Waals surface area contributed by atoms with Crippen molar-refractivity contribution in [2.24, 2.45) is 0 Å². The van der Waals surface area contributed by atoms with Gasteiger partial charge in [-0.1, -0.05) is 0 Å². The van der Waals surface area contributed by atoms with E-state index in [-0.39, 0.29) is 12.6 Å². The Morgan fingerprint density at radius 1 is 1.69 bits per heavy atom. The fourth-order valence-corrected chi connectivity index (χ4v) is 1.20. The molecule has 1 unspecified atom stereocenters. The fourth-order valence-electron chi connectivity index (χ4n) is 1.20. The number of nitrogens with one attached hydrogen (secondary N) is 1. The highest BCUT2D eigenvalue weighted by Crippen LogP contribution is 2.13. The molecule has 6 nitrogen and oxygen atoms in total. The summed E-state index contributed by atoms with van der Waals surface area (Å²) in [6.45, 7) is 3.72. The number of ether oxygens (including phenoxy) is 1. The van der Waals surface area contributed by atoms with Gasteiger partial charge in [0.25, 0.3) is 0 Å². The van der Waals surface area contributed by atoms with Crippen molar-refractivity contribution in [1.82, 2.24) is 10.3 Å². The van der Waals surface area contributed by atoms with Crippen molar-refractivity contribution < 1.29 is 14.6 Å². The number of rotatable bonds is 4. The van der Waals surface area contributed by atoms with Gasteiger partial charge >= 0.3 is 6.09 Å². The molecule has 0 bridgehead atoms. The molecule has 1 aromatic heterocycles. The average molecular weight is 225 g/mol. The van der Waals surface area contributed by atoms with Gasteiger partial charge in [-0.05, 0) is 19.9 Å². The van der Waals surface area contributed by atoms with E-state index in [1.54, 1.807) is 19.1 Å². The van der Waals surface area contributed by atoms with Crippen LogP contribution in [0.15, 0.2) is 12.1 Å². The number of nitrogens with two attached hydrogens (primary N) is 1. The van der Waals surface area contributed by atoms with E-state index < -0.39 is 6.09 Å². The third-order valence-corrected chi connectivity index (χ3v) is 1.80. The SMILES string of the molecule is Cc1cc(N)cc(OCC(C)NC(=O)O)n1. The number of hydrogen-bond donors (Lipinski definition) is 3. The van der Waals surface area contributed by atoms with Crippen LogP contribution in [0, 0.1) is 6.92 Å². The monoisotopic (exact) mass is 225 g/mol. The minimum atomic E-state index is -1.08. The number of anilines is 1. The van der Waals surface area contributed by atoms with E-state index in [0.29, 0.717) is 11.6 Å². The third kappa shape index (κ3) is 4.04. The molecule has 1 atom stereocenters. The first-order chi connectivity index (χ1) is 7.47. The molecule has 0 radical (unpaired) electrons. The van der Waals surface area contributed by atoms with Crippen molar-refractivity contribution in [2.75, 3.05) is 12.3 Å². The number of nitrogens with zero attached hydrogens (tertiary/aromatic N) is 1. The van der Waals surface area contributed by atoms with Crippen LogP contribution >= 0.6 is 0 Å². The normalized spacial score (nSPS) is 11.9. The number of nitrogen functional groups attached to an aromatic ring is 1. The van der Waals surface area contributed by atoms with E-state index >= 15 is 0 Å². The summed E-state index contributed by atoms with van der Waals surface area (Å²) in [5.74, 6) is 0.400. The molecule has 0 spiro atoms. The third-order valence-electron chi connectivity index (χ3n) is 1.80. The number of aromatic nitrogens is 1. The van der Waals surface area contributed by atoms with Gasteiger partial charge in [0.15, 0.2) is 0 Å². The van der Waals surface area contributed by atoms with Gasteiger partial charge in [0.05, 0.1) is 6.04 Å². The number of hydrogen-bond acceptors (Lipinski definition) is 4. The molecule has 88 valence electrons. The molecule has 16 heavy (non-hydrogen) atoms. The summed E-state index contributed by atoms with van der Waals surface area (Å²) in [7, 11) is 0. The Balaban J connectivity index is 2.51. The summed E-state index contributed by atoms with van der Waals surface area (Å²) in [6.07, 6.45) is -1.08. The fraction of sp³-hybridized carbons (Fsp3) is 0.400. The molecule has 1 rings (SSSR count). The van der Waals surface area contributed by atoms with E-state index in [4.69, 9.17) is 15.6 Å². The number of aryl methyl sites for hydroxylation is 1. The van der Waals surface area contributed by atoms with Gasteiger partial charge in [0.2, 0.25) is 5.88 Å². The summed E-state index contributed by atoms with van der Waals surface area (Å²) in [5.41, 5.74) is 6.95. The lowest BCUT2D eigenvalue weighted by Crippen LogP contribution is -2.35. The predicted molar refractivity (Wildman–Crippen MR) is 59.5 cm³/mol. The van der Waals surface area contributed by atoms with Gasteiger partial charge in [0.1, 0.15) is 6.61 Å². The molecular weight excluding hydrogens is 210 g/mol. The van der Waals surface area contributed by atoms with Crippen LogP contribution in [-0.4, -0.2) is 28.8 Å². The van der Waals surface area contributed by atoms with E-state index in [2.05, 4.69) is 10.3 Å². The Morgan fingerprint density at radius 3 is 2.94 bits per heavy atom. The first-order valence-electron chi connectivity index (χ1n) is 4.84. The van der Waals surface area contributed by atoms with Crippen molar-refractivity contribution in [1.29, 1.82) is 0 Å². The second kappa shape index (κ2) is 5.20. The Labute approximate surface area is 93.4 Å². The Morgan fingerprint density at radius 2 is 2.38 bits per heavy atom. The molecule has 4 N–H and O–H groups in total. The first kappa shape index (κ1) is 12.1. The zero-order chi connectivity index (χ0) is 12.1. The molecule has 1 amide bonds. The summed E-state index contributed by atoms with van der Waals surface area (Å²) < 4.78 is 5.31. The summed E-state index contributed by atoms with van der Waals surface area (Å²) in [6, 6.07) is 3.02. The van der Waals surface area contributed by atoms with Crippen LogP contribution in [0.25, 0.3) is 0 Å². The number of carbonyl (C=O) groups is 1. The zero-order valence-corrected chi connectivity index (χ0v) is 9.23. The topological polar surface area (TPSA) is 97.5 Å². The van der Waals surface area contributed by atoms with E-state index in [1.807, 2.05) is 6.92 Å². The standard InChI is InChI=1S/C10H15N3O3/c1-6-3-8(11)4-9(12-6)16-5-7(2)13-10(14)15/h3-4,7,13H,5H2,1-2H3,(H2,11,12)(H,14,15). The minimum Gasteiger partial charge on any atom is -0.475 e. The number of pyridine rings is 1. The van der Waals surface area contributed by atoms with Crippen LogP contribution < -0.4 is 15.8 Å². The zero-order valence-electron chi connectivity index (χ0n) is 9.23. The van der Waals surface area contributed by atoms with Crippen molar-refractivity contribution in [3.05, 3.63) is 17.8 Å². The highest BCUT2D eigenvalue weighted by Gasteiger charge is 2.06. The smallest absolute Gasteiger partial charge is 0.404 e. The van der Waals surface area contributed by atoms with Crippen molar-refractivity contribution in [2.45, 2.75) is 19.9 Å². The molecule has 0 aromatic carbocycles. The Hall–Kier alpha value is -1.98. The highest BCUT2D eigenvalue weighted by atomic mass is 16.5. The predicted octanol–water partition coefficient (Wildman–Crippen LogP) is 1.01. The lowest BCUT2D eigenvalue weighted by molar-refractivity contribution is 0.182. The van der Waals surface area contributed by atoms with Crippen LogP contribution in [0.3, 0.4) is 0 Å². The van der Waals surface area contributed by atoms with Gasteiger partial charge < -0.3 is 20.9 Å². The quantitative estimate of drug-likeness (QED) is 0.710. The maximum Gasteiger partial charge on any atom is 0.404 e. The Kier molecular flexibility index (Phi) is 3.93. The van der Waals surface area contributed by atoms with Crippen molar-refractivity contribution >= 4 is 11.8 Å². The maximum absolute atomic E-state index is 10.3. The molecule has 0 saturated carbocycles. The van der Waals surface area contributed by atoms with Crippen molar-refractivity contribution in [3.63, 3.8) is 0 Å². The molecule has 0 fully saturated rings. The largest absolute Gasteiger partial charge is 0.475 e. The van der Waals surface area contributed by atoms with Crippen LogP contribution in [0.5, 0.6) is 5.88 Å². The summed E-state index contributed by atoms with van der Waals surface area (Å²) >= 11 is 0. The molecule has 0 aliphatic carbocycles. The van der Waals surface area contributed by atoms with Gasteiger partial charge in [-0.3, -0.25) is 0 Å². The second-order valence-corrected chi connectivity index (χ2v) is 3.54. The van der Waals surface area contributed by atoms with Gasteiger partial charge in [0, 0.05) is 17.4 Å². The molecule has 0 saturated heterocycles. The first-order valence-corrected chi connectivity index (χ1v) is 4.84. The van der Waals surface area contributed by atoms with Crippen LogP contribution in [-0.2, 0) is 0 Å². The number of carboxylic acid groups (broad SMARTS) is 1. The lowest BCUT2D eigenvalue weighted by Gasteiger charge is -2.12. The molecule has 0 aliphatic rings. The second-order valence-electron chi connectivity index (χ2n) is 3.54. The number of amides is 1. The highest BCUT2D eigenvalue weighted by molar-refractivity contribution is 5.64. The lowest BCUT2D eigenvalue weighted by atomic mass is 10.3. The molecule has 0 aliphatic heterocycles. The Bertz CT molecular complexity index is 361. The van der Waals surface area contributed by atoms with Crippen LogP contribution in [0.1, 0.15) is 12.6 Å².